The Morgan fingerprint density at radius 3 is 3.05 bits per heavy atom. The fourth-order valence-corrected chi connectivity index (χ4v) is 3.90. The van der Waals surface area contributed by atoms with Gasteiger partial charge in [0.2, 0.25) is 10.0 Å². The molecule has 0 bridgehead atoms. The van der Waals surface area contributed by atoms with Gasteiger partial charge in [0.15, 0.2) is 5.82 Å². The van der Waals surface area contributed by atoms with Gasteiger partial charge < -0.3 is 10.5 Å². The molecular formula is C11H18N4O3S. The van der Waals surface area contributed by atoms with Gasteiger partial charge in [0.05, 0.1) is 0 Å². The van der Waals surface area contributed by atoms with Gasteiger partial charge in [-0.25, -0.2) is 19.2 Å². The summed E-state index contributed by atoms with van der Waals surface area (Å²) >= 11 is 0. The molecule has 0 aliphatic carbocycles. The predicted molar refractivity (Wildman–Crippen MR) is 70.6 cm³/mol. The molecule has 0 amide bonds. The van der Waals surface area contributed by atoms with Gasteiger partial charge in [0.25, 0.3) is 0 Å². The Balaban J connectivity index is 2.31. The zero-order chi connectivity index (χ0) is 13.9. The van der Waals surface area contributed by atoms with Gasteiger partial charge in [-0.3, -0.25) is 0 Å². The van der Waals surface area contributed by atoms with Crippen molar-refractivity contribution in [3.63, 3.8) is 0 Å². The monoisotopic (exact) mass is 286 g/mol. The number of sulfonamides is 1. The smallest absolute Gasteiger partial charge is 0.246 e. The number of rotatable bonds is 4. The van der Waals surface area contributed by atoms with Crippen molar-refractivity contribution in [2.45, 2.75) is 17.7 Å². The van der Waals surface area contributed by atoms with Gasteiger partial charge in [-0.1, -0.05) is 0 Å². The highest BCUT2D eigenvalue weighted by Gasteiger charge is 2.31. The molecule has 2 rings (SSSR count). The van der Waals surface area contributed by atoms with Gasteiger partial charge in [-0.15, -0.1) is 0 Å². The van der Waals surface area contributed by atoms with E-state index in [1.54, 1.807) is 6.07 Å². The van der Waals surface area contributed by atoms with Gasteiger partial charge in [0, 0.05) is 25.9 Å². The average Bonchev–Trinajstić information content (AvgIpc) is 2.47. The maximum absolute atomic E-state index is 12.5. The molecule has 1 atom stereocenters. The molecule has 0 spiro atoms. The van der Waals surface area contributed by atoms with Crippen LogP contribution >= 0.6 is 0 Å². The zero-order valence-electron chi connectivity index (χ0n) is 10.5. The molecule has 1 aromatic rings. The first kappa shape index (κ1) is 14.2. The Hall–Kier alpha value is -1.22. The number of hydrogen-bond donors (Lipinski definition) is 3. The predicted octanol–water partition coefficient (Wildman–Crippen LogP) is -0.240. The van der Waals surface area contributed by atoms with Gasteiger partial charge in [-0.05, 0) is 30.9 Å². The Morgan fingerprint density at radius 1 is 1.58 bits per heavy atom. The standard InChI is InChI=1S/C11H18N4O3S/c12-14-11-10(4-1-5-13-11)19(17,18)15-6-2-3-9(7-15)8-16/h1,4-5,9,16H,2-3,6-8,12H2,(H,13,14). The second-order valence-corrected chi connectivity index (χ2v) is 6.45. The van der Waals surface area contributed by atoms with Gasteiger partial charge >= 0.3 is 0 Å². The molecule has 0 saturated carbocycles. The first-order valence-corrected chi connectivity index (χ1v) is 7.56. The van der Waals surface area contributed by atoms with E-state index in [0.717, 1.165) is 12.8 Å². The number of nitrogen functional groups attached to an aromatic ring is 1. The summed E-state index contributed by atoms with van der Waals surface area (Å²) in [6.07, 6.45) is 3.06. The van der Waals surface area contributed by atoms with Crippen molar-refractivity contribution in [1.29, 1.82) is 0 Å². The van der Waals surface area contributed by atoms with E-state index in [1.807, 2.05) is 0 Å². The third-order valence-corrected chi connectivity index (χ3v) is 5.16. The summed E-state index contributed by atoms with van der Waals surface area (Å²) in [5.41, 5.74) is 2.30. The van der Waals surface area contributed by atoms with Crippen LogP contribution in [0.2, 0.25) is 0 Å². The highest BCUT2D eigenvalue weighted by molar-refractivity contribution is 7.89. The molecule has 1 aliphatic rings. The van der Waals surface area contributed by atoms with Crippen LogP contribution in [-0.2, 0) is 10.0 Å². The number of nitrogens with two attached hydrogens (primary N) is 1. The summed E-state index contributed by atoms with van der Waals surface area (Å²) in [5, 5.41) is 9.18. The quantitative estimate of drug-likeness (QED) is 0.521. The molecule has 1 saturated heterocycles. The molecule has 0 aromatic carbocycles. The topological polar surface area (TPSA) is 109 Å². The largest absolute Gasteiger partial charge is 0.396 e. The molecule has 106 valence electrons. The van der Waals surface area contributed by atoms with Crippen LogP contribution in [0.1, 0.15) is 12.8 Å². The molecule has 4 N–H and O–H groups in total. The summed E-state index contributed by atoms with van der Waals surface area (Å²) in [7, 11) is -3.63. The molecule has 1 unspecified atom stereocenters. The summed E-state index contributed by atoms with van der Waals surface area (Å²) in [6.45, 7) is 0.788. The highest BCUT2D eigenvalue weighted by atomic mass is 32.2. The van der Waals surface area contributed by atoms with Crippen LogP contribution in [0.25, 0.3) is 0 Å². The fraction of sp³-hybridized carbons (Fsp3) is 0.545. The van der Waals surface area contributed by atoms with E-state index in [4.69, 9.17) is 5.84 Å². The number of nitrogens with zero attached hydrogens (tertiary/aromatic N) is 2. The average molecular weight is 286 g/mol. The van der Waals surface area contributed by atoms with Crippen molar-refractivity contribution in [3.8, 4) is 0 Å². The number of pyridine rings is 1. The normalized spacial score (nSPS) is 21.3. The summed E-state index contributed by atoms with van der Waals surface area (Å²) in [6, 6.07) is 3.03. The minimum Gasteiger partial charge on any atom is -0.396 e. The molecular weight excluding hydrogens is 268 g/mol. The number of nitrogens with one attached hydrogen (secondary N) is 1. The second kappa shape index (κ2) is 5.83. The van der Waals surface area contributed by atoms with Crippen molar-refractivity contribution in [2.75, 3.05) is 25.1 Å². The van der Waals surface area contributed by atoms with Crippen LogP contribution in [0.3, 0.4) is 0 Å². The van der Waals surface area contributed by atoms with Crippen LogP contribution in [0.15, 0.2) is 23.2 Å². The minimum atomic E-state index is -3.63. The van der Waals surface area contributed by atoms with E-state index in [-0.39, 0.29) is 23.2 Å². The maximum atomic E-state index is 12.5. The first-order chi connectivity index (χ1) is 9.09. The molecule has 1 aromatic heterocycles. The summed E-state index contributed by atoms with van der Waals surface area (Å²) in [4.78, 5) is 3.97. The van der Waals surface area contributed by atoms with Crippen molar-refractivity contribution < 1.29 is 13.5 Å². The van der Waals surface area contributed by atoms with Crippen LogP contribution in [0, 0.1) is 5.92 Å². The molecule has 1 aliphatic heterocycles. The molecule has 0 radical (unpaired) electrons. The Bertz CT molecular complexity index is 534. The maximum Gasteiger partial charge on any atom is 0.246 e. The zero-order valence-corrected chi connectivity index (χ0v) is 11.3. The van der Waals surface area contributed by atoms with Gasteiger partial charge in [0.1, 0.15) is 4.90 Å². The third-order valence-electron chi connectivity index (χ3n) is 3.27. The Kier molecular flexibility index (Phi) is 4.35. The van der Waals surface area contributed by atoms with E-state index < -0.39 is 10.0 Å². The lowest BCUT2D eigenvalue weighted by atomic mass is 10.0. The van der Waals surface area contributed by atoms with Gasteiger partial charge in [-0.2, -0.15) is 4.31 Å². The Morgan fingerprint density at radius 2 is 2.37 bits per heavy atom. The SMILES string of the molecule is NNc1ncccc1S(=O)(=O)N1CCCC(CO)C1. The van der Waals surface area contributed by atoms with Crippen LogP contribution in [0.5, 0.6) is 0 Å². The number of hydrazine groups is 1. The first-order valence-electron chi connectivity index (χ1n) is 6.12. The molecule has 8 heteroatoms. The van der Waals surface area contributed by atoms with Crippen LogP contribution < -0.4 is 11.3 Å². The number of aliphatic hydroxyl groups is 1. The second-order valence-electron chi connectivity index (χ2n) is 4.55. The van der Waals surface area contributed by atoms with Crippen molar-refractivity contribution in [3.05, 3.63) is 18.3 Å². The summed E-state index contributed by atoms with van der Waals surface area (Å²) in [5.74, 6) is 5.42. The van der Waals surface area contributed by atoms with E-state index >= 15 is 0 Å². The lowest BCUT2D eigenvalue weighted by molar-refractivity contribution is 0.165. The number of aromatic nitrogens is 1. The third kappa shape index (κ3) is 2.86. The van der Waals surface area contributed by atoms with Crippen LogP contribution in [-0.4, -0.2) is 42.5 Å². The van der Waals surface area contributed by atoms with E-state index in [2.05, 4.69) is 10.4 Å². The lowest BCUT2D eigenvalue weighted by Crippen LogP contribution is -2.41. The number of aliphatic hydroxyl groups excluding tert-OH is 1. The van der Waals surface area contributed by atoms with Crippen LogP contribution in [0.4, 0.5) is 5.82 Å². The minimum absolute atomic E-state index is 0.00105. The van der Waals surface area contributed by atoms with E-state index in [0.29, 0.717) is 13.1 Å². The van der Waals surface area contributed by atoms with Crippen molar-refractivity contribution in [1.82, 2.24) is 9.29 Å². The highest BCUT2D eigenvalue weighted by Crippen LogP contribution is 2.26. The molecule has 1 fully saturated rings. The summed E-state index contributed by atoms with van der Waals surface area (Å²) < 4.78 is 26.5. The molecule has 2 heterocycles. The van der Waals surface area contributed by atoms with E-state index in [1.165, 1.54) is 16.6 Å². The Labute approximate surface area is 112 Å². The lowest BCUT2D eigenvalue weighted by Gasteiger charge is -2.31. The van der Waals surface area contributed by atoms with Crippen molar-refractivity contribution in [2.24, 2.45) is 11.8 Å². The number of anilines is 1. The van der Waals surface area contributed by atoms with Crippen molar-refractivity contribution >= 4 is 15.8 Å². The fourth-order valence-electron chi connectivity index (χ4n) is 2.24. The number of piperidine rings is 1. The van der Waals surface area contributed by atoms with E-state index in [9.17, 15) is 13.5 Å². The number of hydrogen-bond acceptors (Lipinski definition) is 6. The molecule has 7 nitrogen and oxygen atoms in total. The molecule has 19 heavy (non-hydrogen) atoms.